The number of hydrogen-bond acceptors (Lipinski definition) is 4. The predicted molar refractivity (Wildman–Crippen MR) is 76.6 cm³/mol. The van der Waals surface area contributed by atoms with Gasteiger partial charge < -0.3 is 15.7 Å². The number of hydrogen-bond donors (Lipinski definition) is 3. The van der Waals surface area contributed by atoms with Gasteiger partial charge in [0.05, 0.1) is 6.61 Å². The highest BCUT2D eigenvalue weighted by atomic mass is 16.3. The van der Waals surface area contributed by atoms with E-state index in [1.807, 2.05) is 12.1 Å². The second-order valence-electron chi connectivity index (χ2n) is 5.03. The SMILES string of the molecule is N=C(N)c1ccc(N(CCO)C2CCCCC2)nc1. The number of nitrogens with one attached hydrogen (secondary N) is 1. The van der Waals surface area contributed by atoms with Crippen LogP contribution in [0.2, 0.25) is 0 Å². The first-order valence-corrected chi connectivity index (χ1v) is 6.90. The lowest BCUT2D eigenvalue weighted by molar-refractivity contribution is 0.289. The lowest BCUT2D eigenvalue weighted by atomic mass is 9.94. The first-order chi connectivity index (χ1) is 9.22. The molecule has 1 saturated carbocycles. The molecule has 0 saturated heterocycles. The van der Waals surface area contributed by atoms with Crippen molar-refractivity contribution >= 4 is 11.7 Å². The zero-order valence-electron chi connectivity index (χ0n) is 11.2. The molecule has 2 rings (SSSR count). The smallest absolute Gasteiger partial charge is 0.128 e. The Morgan fingerprint density at radius 3 is 2.63 bits per heavy atom. The van der Waals surface area contributed by atoms with Crippen LogP contribution in [0.4, 0.5) is 5.82 Å². The number of amidine groups is 1. The van der Waals surface area contributed by atoms with E-state index in [1.165, 1.54) is 19.3 Å². The molecule has 5 heteroatoms. The normalized spacial score (nSPS) is 16.3. The molecule has 104 valence electrons. The van der Waals surface area contributed by atoms with E-state index in [-0.39, 0.29) is 12.4 Å². The Kier molecular flexibility index (Phi) is 4.74. The summed E-state index contributed by atoms with van der Waals surface area (Å²) in [5.41, 5.74) is 6.07. The number of nitrogen functional groups attached to an aromatic ring is 1. The Hall–Kier alpha value is -1.62. The van der Waals surface area contributed by atoms with Crippen LogP contribution in [0.5, 0.6) is 0 Å². The monoisotopic (exact) mass is 262 g/mol. The van der Waals surface area contributed by atoms with Gasteiger partial charge in [0.1, 0.15) is 11.7 Å². The standard InChI is InChI=1S/C14H22N4O/c15-14(16)11-6-7-13(17-10-11)18(8-9-19)12-4-2-1-3-5-12/h6-7,10,12,19H,1-5,8-9H2,(H3,15,16). The third-order valence-electron chi connectivity index (χ3n) is 3.71. The highest BCUT2D eigenvalue weighted by Gasteiger charge is 2.21. The van der Waals surface area contributed by atoms with E-state index >= 15 is 0 Å². The molecule has 0 amide bonds. The average molecular weight is 262 g/mol. The van der Waals surface area contributed by atoms with E-state index in [4.69, 9.17) is 11.1 Å². The van der Waals surface area contributed by atoms with Crippen molar-refractivity contribution in [1.29, 1.82) is 5.41 Å². The van der Waals surface area contributed by atoms with Crippen LogP contribution < -0.4 is 10.6 Å². The van der Waals surface area contributed by atoms with Crippen molar-refractivity contribution in [2.75, 3.05) is 18.1 Å². The number of anilines is 1. The molecule has 0 bridgehead atoms. The van der Waals surface area contributed by atoms with Crippen LogP contribution >= 0.6 is 0 Å². The Morgan fingerprint density at radius 2 is 2.11 bits per heavy atom. The van der Waals surface area contributed by atoms with Crippen molar-refractivity contribution in [3.05, 3.63) is 23.9 Å². The first kappa shape index (κ1) is 13.8. The fraction of sp³-hybridized carbons (Fsp3) is 0.571. The largest absolute Gasteiger partial charge is 0.395 e. The third-order valence-corrected chi connectivity index (χ3v) is 3.71. The van der Waals surface area contributed by atoms with Crippen LogP contribution in [0.25, 0.3) is 0 Å². The molecule has 1 fully saturated rings. The van der Waals surface area contributed by atoms with Crippen LogP contribution in [0.15, 0.2) is 18.3 Å². The van der Waals surface area contributed by atoms with Crippen LogP contribution in [0, 0.1) is 5.41 Å². The summed E-state index contributed by atoms with van der Waals surface area (Å²) in [6, 6.07) is 4.18. The predicted octanol–water partition coefficient (Wildman–Crippen LogP) is 1.50. The summed E-state index contributed by atoms with van der Waals surface area (Å²) in [7, 11) is 0. The second-order valence-corrected chi connectivity index (χ2v) is 5.03. The third kappa shape index (κ3) is 3.44. The van der Waals surface area contributed by atoms with Crippen LogP contribution in [-0.4, -0.2) is 35.1 Å². The van der Waals surface area contributed by atoms with Gasteiger partial charge in [0.15, 0.2) is 0 Å². The van der Waals surface area contributed by atoms with Gasteiger partial charge in [-0.1, -0.05) is 19.3 Å². The maximum Gasteiger partial charge on any atom is 0.128 e. The number of aliphatic hydroxyl groups is 1. The Labute approximate surface area is 114 Å². The summed E-state index contributed by atoms with van der Waals surface area (Å²) in [6.45, 7) is 0.740. The van der Waals surface area contributed by atoms with E-state index in [0.29, 0.717) is 18.2 Å². The lowest BCUT2D eigenvalue weighted by Gasteiger charge is -2.35. The molecule has 0 spiro atoms. The van der Waals surface area contributed by atoms with Crippen molar-refractivity contribution in [2.45, 2.75) is 38.1 Å². The zero-order chi connectivity index (χ0) is 13.7. The molecule has 4 N–H and O–H groups in total. The van der Waals surface area contributed by atoms with Gasteiger partial charge in [-0.15, -0.1) is 0 Å². The Morgan fingerprint density at radius 1 is 1.37 bits per heavy atom. The van der Waals surface area contributed by atoms with E-state index < -0.39 is 0 Å². The van der Waals surface area contributed by atoms with Gasteiger partial charge in [0.25, 0.3) is 0 Å². The quantitative estimate of drug-likeness (QED) is 0.554. The molecule has 0 radical (unpaired) electrons. The molecule has 5 nitrogen and oxygen atoms in total. The number of aromatic nitrogens is 1. The van der Waals surface area contributed by atoms with E-state index in [9.17, 15) is 5.11 Å². The highest BCUT2D eigenvalue weighted by molar-refractivity contribution is 5.94. The Bertz CT molecular complexity index is 412. The van der Waals surface area contributed by atoms with Gasteiger partial charge >= 0.3 is 0 Å². The molecular weight excluding hydrogens is 240 g/mol. The number of nitrogens with two attached hydrogens (primary N) is 1. The molecule has 1 aliphatic carbocycles. The summed E-state index contributed by atoms with van der Waals surface area (Å²) >= 11 is 0. The number of pyridine rings is 1. The van der Waals surface area contributed by atoms with Crippen molar-refractivity contribution in [2.24, 2.45) is 5.73 Å². The number of aliphatic hydroxyl groups excluding tert-OH is 1. The topological polar surface area (TPSA) is 86.2 Å². The van der Waals surface area contributed by atoms with Crippen LogP contribution in [-0.2, 0) is 0 Å². The molecule has 1 aliphatic rings. The molecule has 1 heterocycles. The molecule has 0 aliphatic heterocycles. The fourth-order valence-corrected chi connectivity index (χ4v) is 2.70. The minimum absolute atomic E-state index is 0.0328. The van der Waals surface area contributed by atoms with Gasteiger partial charge in [0, 0.05) is 24.3 Å². The second kappa shape index (κ2) is 6.52. The summed E-state index contributed by atoms with van der Waals surface area (Å²) in [5.74, 6) is 0.899. The van der Waals surface area contributed by atoms with Crippen LogP contribution in [0.3, 0.4) is 0 Å². The van der Waals surface area contributed by atoms with Crippen molar-refractivity contribution < 1.29 is 5.11 Å². The first-order valence-electron chi connectivity index (χ1n) is 6.90. The van der Waals surface area contributed by atoms with Gasteiger partial charge in [-0.2, -0.15) is 0 Å². The molecule has 0 unspecified atom stereocenters. The molecule has 19 heavy (non-hydrogen) atoms. The van der Waals surface area contributed by atoms with Crippen molar-refractivity contribution in [3.63, 3.8) is 0 Å². The lowest BCUT2D eigenvalue weighted by Crippen LogP contribution is -2.39. The zero-order valence-corrected chi connectivity index (χ0v) is 11.2. The maximum atomic E-state index is 9.25. The van der Waals surface area contributed by atoms with E-state index in [2.05, 4.69) is 9.88 Å². The molecule has 1 aromatic rings. The molecule has 0 atom stereocenters. The van der Waals surface area contributed by atoms with Crippen molar-refractivity contribution in [1.82, 2.24) is 4.98 Å². The fourth-order valence-electron chi connectivity index (χ4n) is 2.70. The van der Waals surface area contributed by atoms with Crippen molar-refractivity contribution in [3.8, 4) is 0 Å². The molecule has 0 aromatic carbocycles. The van der Waals surface area contributed by atoms with Gasteiger partial charge in [-0.25, -0.2) is 4.98 Å². The summed E-state index contributed by atoms with van der Waals surface area (Å²) < 4.78 is 0. The summed E-state index contributed by atoms with van der Waals surface area (Å²) in [4.78, 5) is 6.57. The number of nitrogens with zero attached hydrogens (tertiary/aromatic N) is 2. The average Bonchev–Trinajstić information content (AvgIpc) is 2.46. The minimum Gasteiger partial charge on any atom is -0.395 e. The van der Waals surface area contributed by atoms with Gasteiger partial charge in [-0.3, -0.25) is 5.41 Å². The maximum absolute atomic E-state index is 9.25. The van der Waals surface area contributed by atoms with E-state index in [1.54, 1.807) is 6.20 Å². The Balaban J connectivity index is 2.15. The minimum atomic E-state index is 0.0328. The molecule has 1 aromatic heterocycles. The molecular formula is C14H22N4O. The van der Waals surface area contributed by atoms with Gasteiger partial charge in [0.2, 0.25) is 0 Å². The highest BCUT2D eigenvalue weighted by Crippen LogP contribution is 2.26. The van der Waals surface area contributed by atoms with E-state index in [0.717, 1.165) is 18.7 Å². The van der Waals surface area contributed by atoms with Crippen LogP contribution in [0.1, 0.15) is 37.7 Å². The van der Waals surface area contributed by atoms with Gasteiger partial charge in [-0.05, 0) is 25.0 Å². The number of rotatable bonds is 5. The summed E-state index contributed by atoms with van der Waals surface area (Å²) in [5, 5.41) is 16.6. The summed E-state index contributed by atoms with van der Waals surface area (Å²) in [6.07, 6.45) is 7.76.